The molecule has 0 spiro atoms. The second-order valence-electron chi connectivity index (χ2n) is 1.63. The first-order chi connectivity index (χ1) is 5.00. The van der Waals surface area contributed by atoms with Crippen LogP contribution in [0, 0.1) is 12.4 Å². The van der Waals surface area contributed by atoms with Gasteiger partial charge in [0.25, 0.3) is 0 Å². The molecule has 2 nitrogen and oxygen atoms in total. The topological polar surface area (TPSA) is 31.6 Å². The molecule has 2 N–H and O–H groups in total. The van der Waals surface area contributed by atoms with Crippen molar-refractivity contribution >= 4 is 0 Å². The summed E-state index contributed by atoms with van der Waals surface area (Å²) in [5.74, 6) is 0. The van der Waals surface area contributed by atoms with Gasteiger partial charge in [-0.2, -0.15) is 36.7 Å². The Balaban J connectivity index is -0.000000125. The van der Waals surface area contributed by atoms with E-state index in [0.717, 1.165) is 0 Å². The molecule has 5 heteroatoms. The second kappa shape index (κ2) is 14.7. The first-order valence-electron chi connectivity index (χ1n) is 2.99. The molecule has 0 aliphatic rings. The second-order valence-corrected chi connectivity index (χ2v) is 1.63. The van der Waals surface area contributed by atoms with Crippen molar-refractivity contribution in [3.05, 3.63) is 49.1 Å². The Labute approximate surface area is 114 Å². The molecular formula is C8H8Br2N2Ti. The SMILES string of the molecule is [Br-].[Br-].[Ti+4].[c-]1ccc[nH]1.[c-]1ccc[nH]1. The Morgan fingerprint density at radius 2 is 1.15 bits per heavy atom. The van der Waals surface area contributed by atoms with Gasteiger partial charge in [-0.05, 0) is 0 Å². The molecule has 0 aliphatic heterocycles. The van der Waals surface area contributed by atoms with Crippen LogP contribution in [0.4, 0.5) is 0 Å². The average Bonchev–Trinajstić information content (AvgIpc) is 2.67. The predicted molar refractivity (Wildman–Crippen MR) is 39.3 cm³/mol. The molecule has 2 heterocycles. The van der Waals surface area contributed by atoms with Crippen LogP contribution in [0.25, 0.3) is 0 Å². The van der Waals surface area contributed by atoms with E-state index in [1.807, 2.05) is 36.7 Å². The third-order valence-corrected chi connectivity index (χ3v) is 0.885. The van der Waals surface area contributed by atoms with Gasteiger partial charge in [0.05, 0.1) is 0 Å². The van der Waals surface area contributed by atoms with Crippen LogP contribution in [0.15, 0.2) is 36.7 Å². The molecule has 0 unspecified atom stereocenters. The molecule has 0 saturated carbocycles. The van der Waals surface area contributed by atoms with Crippen LogP contribution in [0.3, 0.4) is 0 Å². The molecule has 0 aromatic carbocycles. The fourth-order valence-corrected chi connectivity index (χ4v) is 0.481. The number of halogens is 2. The monoisotopic (exact) mass is 338 g/mol. The van der Waals surface area contributed by atoms with E-state index in [-0.39, 0.29) is 55.7 Å². The maximum absolute atomic E-state index is 2.74. The van der Waals surface area contributed by atoms with E-state index < -0.39 is 0 Å². The summed E-state index contributed by atoms with van der Waals surface area (Å²) in [5.41, 5.74) is 0. The molecule has 0 saturated heterocycles. The van der Waals surface area contributed by atoms with Crippen molar-refractivity contribution in [1.29, 1.82) is 0 Å². The van der Waals surface area contributed by atoms with E-state index in [0.29, 0.717) is 0 Å². The van der Waals surface area contributed by atoms with E-state index in [1.54, 1.807) is 0 Å². The molecule has 0 aliphatic carbocycles. The fraction of sp³-hybridized carbons (Fsp3) is 0. The summed E-state index contributed by atoms with van der Waals surface area (Å²) in [7, 11) is 0. The Bertz CT molecular complexity index is 159. The standard InChI is InChI=1S/2C4H4N.2BrH.Ti/c2*1-2-4-5-3-1;;;/h2*1-3,5H;2*1H;/q2*-1;;;+4/p-2. The van der Waals surface area contributed by atoms with Crippen LogP contribution >= 0.6 is 0 Å². The normalized spacial score (nSPS) is 6.15. The van der Waals surface area contributed by atoms with Gasteiger partial charge in [-0.15, -0.1) is 12.4 Å². The molecule has 2 aromatic heterocycles. The summed E-state index contributed by atoms with van der Waals surface area (Å²) in [5, 5.41) is 0. The minimum Gasteiger partial charge on any atom is -1.00 e. The average molecular weight is 340 g/mol. The maximum atomic E-state index is 2.74. The van der Waals surface area contributed by atoms with Crippen molar-refractivity contribution in [2.75, 3.05) is 0 Å². The van der Waals surface area contributed by atoms with E-state index in [1.165, 1.54) is 0 Å². The summed E-state index contributed by atoms with van der Waals surface area (Å²) in [4.78, 5) is 5.47. The fourth-order valence-electron chi connectivity index (χ4n) is 0.481. The van der Waals surface area contributed by atoms with Crippen LogP contribution in [0.2, 0.25) is 0 Å². The van der Waals surface area contributed by atoms with Gasteiger partial charge in [0.1, 0.15) is 0 Å². The smallest absolute Gasteiger partial charge is 1.00 e. The molecule has 2 aromatic rings. The largest absolute Gasteiger partial charge is 4.00 e. The Morgan fingerprint density at radius 3 is 1.23 bits per heavy atom. The molecule has 2 rings (SSSR count). The first kappa shape index (κ1) is 18.9. The maximum Gasteiger partial charge on any atom is 4.00 e. The van der Waals surface area contributed by atoms with Crippen molar-refractivity contribution in [3.8, 4) is 0 Å². The third-order valence-electron chi connectivity index (χ3n) is 0.885. The predicted octanol–water partition coefficient (Wildman–Crippen LogP) is -4.36. The minimum atomic E-state index is 0. The van der Waals surface area contributed by atoms with Crippen LogP contribution in [-0.2, 0) is 21.7 Å². The van der Waals surface area contributed by atoms with Crippen molar-refractivity contribution < 1.29 is 55.7 Å². The molecule has 68 valence electrons. The van der Waals surface area contributed by atoms with E-state index >= 15 is 0 Å². The summed E-state index contributed by atoms with van der Waals surface area (Å²) in [6.07, 6.45) is 9.11. The van der Waals surface area contributed by atoms with Gasteiger partial charge >= 0.3 is 21.7 Å². The van der Waals surface area contributed by atoms with E-state index in [2.05, 4.69) is 22.4 Å². The Morgan fingerprint density at radius 1 is 0.769 bits per heavy atom. The van der Waals surface area contributed by atoms with E-state index in [4.69, 9.17) is 0 Å². The molecule has 0 atom stereocenters. The van der Waals surface area contributed by atoms with Gasteiger partial charge in [-0.3, -0.25) is 0 Å². The number of hydrogen-bond acceptors (Lipinski definition) is 0. The number of H-pyrrole nitrogens is 2. The molecule has 0 radical (unpaired) electrons. The summed E-state index contributed by atoms with van der Waals surface area (Å²) in [6.45, 7) is 0. The quantitative estimate of drug-likeness (QED) is 0.359. The molecular weight excluding hydrogens is 332 g/mol. The first-order valence-corrected chi connectivity index (χ1v) is 2.99. The summed E-state index contributed by atoms with van der Waals surface area (Å²) >= 11 is 0. The number of aromatic nitrogens is 2. The Kier molecular flexibility index (Phi) is 21.4. The molecule has 0 bridgehead atoms. The number of hydrogen-bond donors (Lipinski definition) is 2. The van der Waals surface area contributed by atoms with Crippen molar-refractivity contribution in [3.63, 3.8) is 0 Å². The zero-order valence-corrected chi connectivity index (χ0v) is 11.5. The van der Waals surface area contributed by atoms with Crippen LogP contribution in [0.5, 0.6) is 0 Å². The summed E-state index contributed by atoms with van der Waals surface area (Å²) < 4.78 is 0. The van der Waals surface area contributed by atoms with Gasteiger partial charge in [0.15, 0.2) is 0 Å². The number of rotatable bonds is 0. The number of aromatic amines is 2. The van der Waals surface area contributed by atoms with Crippen LogP contribution < -0.4 is 34.0 Å². The van der Waals surface area contributed by atoms with Crippen molar-refractivity contribution in [1.82, 2.24) is 9.97 Å². The van der Waals surface area contributed by atoms with Crippen molar-refractivity contribution in [2.24, 2.45) is 0 Å². The summed E-state index contributed by atoms with van der Waals surface area (Å²) in [6, 6.07) is 7.42. The van der Waals surface area contributed by atoms with Gasteiger partial charge in [-0.25, -0.2) is 0 Å². The van der Waals surface area contributed by atoms with Gasteiger partial charge in [-0.1, -0.05) is 0 Å². The van der Waals surface area contributed by atoms with Crippen LogP contribution in [0.1, 0.15) is 0 Å². The van der Waals surface area contributed by atoms with Gasteiger partial charge < -0.3 is 43.9 Å². The zero-order valence-electron chi connectivity index (χ0n) is 6.72. The molecule has 0 amide bonds. The van der Waals surface area contributed by atoms with Crippen molar-refractivity contribution in [2.45, 2.75) is 0 Å². The minimum absolute atomic E-state index is 0. The Hall–Kier alpha value is 0.234. The third kappa shape index (κ3) is 12.2. The number of nitrogens with one attached hydrogen (secondary N) is 2. The van der Waals surface area contributed by atoms with Gasteiger partial charge in [0.2, 0.25) is 0 Å². The van der Waals surface area contributed by atoms with Crippen LogP contribution in [-0.4, -0.2) is 9.97 Å². The van der Waals surface area contributed by atoms with E-state index in [9.17, 15) is 0 Å². The zero-order chi connectivity index (χ0) is 7.07. The molecule has 13 heavy (non-hydrogen) atoms. The molecule has 0 fully saturated rings. The van der Waals surface area contributed by atoms with Gasteiger partial charge in [0, 0.05) is 0 Å².